The second kappa shape index (κ2) is 9.71. The van der Waals surface area contributed by atoms with Gasteiger partial charge in [-0.1, -0.05) is 30.2 Å². The van der Waals surface area contributed by atoms with E-state index in [1.165, 1.54) is 25.3 Å². The van der Waals surface area contributed by atoms with E-state index in [9.17, 15) is 9.59 Å². The van der Waals surface area contributed by atoms with Gasteiger partial charge in [0.05, 0.1) is 6.04 Å². The molecule has 2 amide bonds. The molecule has 7 heteroatoms. The zero-order chi connectivity index (χ0) is 21.8. The van der Waals surface area contributed by atoms with Crippen LogP contribution in [0.5, 0.6) is 0 Å². The van der Waals surface area contributed by atoms with Gasteiger partial charge in [-0.05, 0) is 67.8 Å². The van der Waals surface area contributed by atoms with Crippen LogP contribution >= 0.6 is 11.6 Å². The second-order valence-electron chi connectivity index (χ2n) is 8.30. The van der Waals surface area contributed by atoms with Crippen molar-refractivity contribution in [1.29, 1.82) is 0 Å². The molecule has 0 aliphatic carbocycles. The van der Waals surface area contributed by atoms with Crippen molar-refractivity contribution in [3.8, 4) is 0 Å². The third-order valence-corrected chi connectivity index (χ3v) is 6.26. The lowest BCUT2D eigenvalue weighted by molar-refractivity contribution is -0.114. The molecule has 2 atom stereocenters. The maximum Gasteiger partial charge on any atom is 0.414 e. The van der Waals surface area contributed by atoms with Crippen LogP contribution in [-0.2, 0) is 16.0 Å². The Morgan fingerprint density at radius 1 is 1.10 bits per heavy atom. The highest BCUT2D eigenvalue weighted by molar-refractivity contribution is 6.30. The number of nitrogens with one attached hydrogen (secondary N) is 1. The molecule has 2 unspecified atom stereocenters. The second-order valence-corrected chi connectivity index (χ2v) is 8.74. The number of piperidine rings is 1. The van der Waals surface area contributed by atoms with Gasteiger partial charge in [0.2, 0.25) is 5.91 Å². The van der Waals surface area contributed by atoms with Crippen molar-refractivity contribution < 1.29 is 14.3 Å². The number of carbonyl (C=O) groups excluding carboxylic acids is 2. The van der Waals surface area contributed by atoms with Crippen LogP contribution in [0, 0.1) is 0 Å². The van der Waals surface area contributed by atoms with E-state index in [2.05, 4.69) is 22.3 Å². The van der Waals surface area contributed by atoms with Crippen molar-refractivity contribution in [2.45, 2.75) is 44.7 Å². The Balaban J connectivity index is 1.44. The number of carbonyl (C=O) groups is 2. The number of benzene rings is 2. The summed E-state index contributed by atoms with van der Waals surface area (Å²) in [6, 6.07) is 15.8. The van der Waals surface area contributed by atoms with Crippen molar-refractivity contribution in [3.05, 3.63) is 59.1 Å². The first-order valence-electron chi connectivity index (χ1n) is 10.8. The van der Waals surface area contributed by atoms with Crippen LogP contribution in [-0.4, -0.2) is 48.7 Å². The van der Waals surface area contributed by atoms with Gasteiger partial charge in [0, 0.05) is 35.9 Å². The van der Waals surface area contributed by atoms with Crippen molar-refractivity contribution in [3.63, 3.8) is 0 Å². The van der Waals surface area contributed by atoms with Crippen LogP contribution in [0.4, 0.5) is 16.2 Å². The molecule has 0 aromatic heterocycles. The lowest BCUT2D eigenvalue weighted by atomic mass is 9.95. The van der Waals surface area contributed by atoms with Crippen LogP contribution in [0.3, 0.4) is 0 Å². The number of cyclic esters (lactones) is 1. The molecule has 0 bridgehead atoms. The van der Waals surface area contributed by atoms with E-state index in [0.29, 0.717) is 17.7 Å². The third kappa shape index (κ3) is 5.38. The highest BCUT2D eigenvalue weighted by Crippen LogP contribution is 2.28. The van der Waals surface area contributed by atoms with E-state index in [1.807, 2.05) is 24.3 Å². The molecule has 164 valence electrons. The normalized spacial score (nSPS) is 21.7. The fourth-order valence-electron chi connectivity index (χ4n) is 4.51. The Morgan fingerprint density at radius 3 is 2.55 bits per heavy atom. The van der Waals surface area contributed by atoms with Gasteiger partial charge in [-0.15, -0.1) is 0 Å². The average Bonchev–Trinajstić information content (AvgIpc) is 3.11. The first kappa shape index (κ1) is 21.7. The monoisotopic (exact) mass is 441 g/mol. The van der Waals surface area contributed by atoms with Crippen molar-refractivity contribution in [1.82, 2.24) is 4.90 Å². The highest BCUT2D eigenvalue weighted by atomic mass is 35.5. The molecular weight excluding hydrogens is 414 g/mol. The Hall–Kier alpha value is -2.57. The summed E-state index contributed by atoms with van der Waals surface area (Å²) in [7, 11) is 0. The molecule has 31 heavy (non-hydrogen) atoms. The summed E-state index contributed by atoms with van der Waals surface area (Å²) in [5.74, 6) is -0.0650. The maximum absolute atomic E-state index is 12.4. The predicted molar refractivity (Wildman–Crippen MR) is 123 cm³/mol. The van der Waals surface area contributed by atoms with Gasteiger partial charge in [-0.25, -0.2) is 4.79 Å². The zero-order valence-corrected chi connectivity index (χ0v) is 18.5. The number of rotatable bonds is 6. The standard InChI is InChI=1S/C24H28ClN3O3/c1-17(29)26-20-9-5-18(6-10-20)14-22-4-2-3-13-27(22)15-23-16-31-24(30)28(23)21-11-7-19(25)8-12-21/h5-12,22-23H,2-4,13-16H2,1H3,(H,26,29). The number of nitrogens with zero attached hydrogens (tertiary/aromatic N) is 2. The van der Waals surface area contributed by atoms with E-state index in [1.54, 1.807) is 17.0 Å². The molecule has 2 aromatic carbocycles. The van der Waals surface area contributed by atoms with E-state index >= 15 is 0 Å². The molecule has 2 aromatic rings. The van der Waals surface area contributed by atoms with Gasteiger partial charge in [-0.3, -0.25) is 14.6 Å². The van der Waals surface area contributed by atoms with E-state index in [4.69, 9.17) is 16.3 Å². The van der Waals surface area contributed by atoms with Gasteiger partial charge in [0.1, 0.15) is 6.61 Å². The summed E-state index contributed by atoms with van der Waals surface area (Å²) in [5.41, 5.74) is 2.88. The Bertz CT molecular complexity index is 917. The first-order chi connectivity index (χ1) is 15.0. The van der Waals surface area contributed by atoms with Crippen molar-refractivity contribution >= 4 is 35.0 Å². The topological polar surface area (TPSA) is 61.9 Å². The summed E-state index contributed by atoms with van der Waals surface area (Å²) in [4.78, 5) is 27.9. The molecule has 2 aliphatic rings. The lowest BCUT2D eigenvalue weighted by Crippen LogP contribution is -2.49. The van der Waals surface area contributed by atoms with Crippen LogP contribution in [0.2, 0.25) is 5.02 Å². The molecule has 2 aliphatic heterocycles. The molecule has 1 N–H and O–H groups in total. The molecule has 0 spiro atoms. The van der Waals surface area contributed by atoms with Crippen LogP contribution < -0.4 is 10.2 Å². The number of likely N-dealkylation sites (tertiary alicyclic amines) is 1. The summed E-state index contributed by atoms with van der Waals surface area (Å²) >= 11 is 6.01. The summed E-state index contributed by atoms with van der Waals surface area (Å²) < 4.78 is 5.40. The van der Waals surface area contributed by atoms with Crippen LogP contribution in [0.25, 0.3) is 0 Å². The van der Waals surface area contributed by atoms with E-state index in [0.717, 1.165) is 37.3 Å². The van der Waals surface area contributed by atoms with E-state index in [-0.39, 0.29) is 18.0 Å². The quantitative estimate of drug-likeness (QED) is 0.704. The van der Waals surface area contributed by atoms with Crippen LogP contribution in [0.15, 0.2) is 48.5 Å². The number of ether oxygens (including phenoxy) is 1. The minimum atomic E-state index is -0.297. The Morgan fingerprint density at radius 2 is 1.84 bits per heavy atom. The van der Waals surface area contributed by atoms with E-state index < -0.39 is 0 Å². The summed E-state index contributed by atoms with van der Waals surface area (Å²) in [6.07, 6.45) is 4.17. The van der Waals surface area contributed by atoms with Gasteiger partial charge in [0.15, 0.2) is 0 Å². The third-order valence-electron chi connectivity index (χ3n) is 6.01. The predicted octanol–water partition coefficient (Wildman–Crippen LogP) is 4.72. The Labute approximate surface area is 188 Å². The molecule has 2 heterocycles. The fraction of sp³-hybridized carbons (Fsp3) is 0.417. The highest BCUT2D eigenvalue weighted by Gasteiger charge is 2.37. The number of anilines is 2. The summed E-state index contributed by atoms with van der Waals surface area (Å²) in [5, 5.41) is 3.46. The van der Waals surface area contributed by atoms with Gasteiger partial charge in [0.25, 0.3) is 0 Å². The number of amides is 2. The van der Waals surface area contributed by atoms with Gasteiger partial charge < -0.3 is 10.1 Å². The number of halogens is 1. The fourth-order valence-corrected chi connectivity index (χ4v) is 4.64. The SMILES string of the molecule is CC(=O)Nc1ccc(CC2CCCCN2CC2COC(=O)N2c2ccc(Cl)cc2)cc1. The smallest absolute Gasteiger partial charge is 0.414 e. The zero-order valence-electron chi connectivity index (χ0n) is 17.7. The minimum Gasteiger partial charge on any atom is -0.447 e. The summed E-state index contributed by atoms with van der Waals surface area (Å²) in [6.45, 7) is 3.71. The maximum atomic E-state index is 12.4. The molecule has 2 fully saturated rings. The molecule has 0 saturated carbocycles. The number of hydrogen-bond donors (Lipinski definition) is 1. The van der Waals surface area contributed by atoms with Gasteiger partial charge >= 0.3 is 6.09 Å². The molecular formula is C24H28ClN3O3. The first-order valence-corrected chi connectivity index (χ1v) is 11.2. The van der Waals surface area contributed by atoms with Crippen LogP contribution in [0.1, 0.15) is 31.7 Å². The van der Waals surface area contributed by atoms with Crippen molar-refractivity contribution in [2.24, 2.45) is 0 Å². The minimum absolute atomic E-state index is 0.0172. The Kier molecular flexibility index (Phi) is 6.78. The lowest BCUT2D eigenvalue weighted by Gasteiger charge is -2.38. The van der Waals surface area contributed by atoms with Gasteiger partial charge in [-0.2, -0.15) is 0 Å². The molecule has 6 nitrogen and oxygen atoms in total. The molecule has 4 rings (SSSR count). The average molecular weight is 442 g/mol. The molecule has 0 radical (unpaired) electrons. The number of hydrogen-bond acceptors (Lipinski definition) is 4. The molecule has 2 saturated heterocycles. The van der Waals surface area contributed by atoms with Crippen molar-refractivity contribution in [2.75, 3.05) is 29.9 Å². The largest absolute Gasteiger partial charge is 0.447 e.